The molecular weight excluding hydrogens is 316 g/mol. The molecule has 0 aliphatic carbocycles. The normalized spacial score (nSPS) is 19.5. The molecule has 2 rings (SSSR count). The molecular formula is C15H24N4O3S. The highest BCUT2D eigenvalue weighted by atomic mass is 32.2. The number of anilines is 1. The zero-order valence-corrected chi connectivity index (χ0v) is 14.5. The number of benzene rings is 1. The lowest BCUT2D eigenvalue weighted by molar-refractivity contribution is -0.118. The van der Waals surface area contributed by atoms with Crippen LogP contribution in [0.25, 0.3) is 0 Å². The highest BCUT2D eigenvalue weighted by Crippen LogP contribution is 2.20. The standard InChI is InChI=1S/C15H24N4O3S/c1-11-4-5-13(8-14(11)23(21,22)16-3)18-15(20)10-19-7-6-17-9-12(19)2/h4-5,8,12,16-17H,6-7,9-10H2,1-3H3,(H,18,20)/t12-/m1/s1. The number of carbonyl (C=O) groups excluding carboxylic acids is 1. The second kappa shape index (κ2) is 7.39. The first kappa shape index (κ1) is 17.9. The molecule has 1 aliphatic rings. The van der Waals surface area contributed by atoms with Crippen molar-refractivity contribution in [3.05, 3.63) is 23.8 Å². The monoisotopic (exact) mass is 340 g/mol. The number of hydrogen-bond acceptors (Lipinski definition) is 5. The van der Waals surface area contributed by atoms with E-state index in [-0.39, 0.29) is 10.8 Å². The van der Waals surface area contributed by atoms with Gasteiger partial charge in [0.25, 0.3) is 0 Å². The highest BCUT2D eigenvalue weighted by molar-refractivity contribution is 7.89. The summed E-state index contributed by atoms with van der Waals surface area (Å²) in [5.41, 5.74) is 1.12. The largest absolute Gasteiger partial charge is 0.325 e. The van der Waals surface area contributed by atoms with Gasteiger partial charge in [-0.3, -0.25) is 9.69 Å². The molecule has 1 saturated heterocycles. The predicted molar refractivity (Wildman–Crippen MR) is 90.0 cm³/mol. The summed E-state index contributed by atoms with van der Waals surface area (Å²) in [5.74, 6) is -0.143. The maximum absolute atomic E-state index is 12.2. The highest BCUT2D eigenvalue weighted by Gasteiger charge is 2.21. The van der Waals surface area contributed by atoms with E-state index in [9.17, 15) is 13.2 Å². The lowest BCUT2D eigenvalue weighted by Gasteiger charge is -2.33. The molecule has 128 valence electrons. The van der Waals surface area contributed by atoms with Crippen molar-refractivity contribution in [2.75, 3.05) is 38.5 Å². The van der Waals surface area contributed by atoms with Crippen molar-refractivity contribution >= 4 is 21.6 Å². The molecule has 1 aliphatic heterocycles. The summed E-state index contributed by atoms with van der Waals surface area (Å²) in [6.07, 6.45) is 0. The van der Waals surface area contributed by atoms with E-state index in [4.69, 9.17) is 0 Å². The van der Waals surface area contributed by atoms with Crippen LogP contribution >= 0.6 is 0 Å². The summed E-state index contributed by atoms with van der Waals surface area (Å²) in [7, 11) is -2.18. The predicted octanol–water partition coefficient (Wildman–Crippen LogP) is 0.135. The van der Waals surface area contributed by atoms with E-state index in [1.165, 1.54) is 13.1 Å². The van der Waals surface area contributed by atoms with E-state index in [1.807, 2.05) is 0 Å². The van der Waals surface area contributed by atoms with Crippen LogP contribution in [0.15, 0.2) is 23.1 Å². The van der Waals surface area contributed by atoms with Crippen LogP contribution in [0.1, 0.15) is 12.5 Å². The maximum Gasteiger partial charge on any atom is 0.240 e. The van der Waals surface area contributed by atoms with E-state index < -0.39 is 10.0 Å². The van der Waals surface area contributed by atoms with Gasteiger partial charge in [-0.2, -0.15) is 0 Å². The minimum atomic E-state index is -3.54. The molecule has 0 unspecified atom stereocenters. The van der Waals surface area contributed by atoms with Gasteiger partial charge in [0.05, 0.1) is 11.4 Å². The second-order valence-corrected chi connectivity index (χ2v) is 7.61. The fourth-order valence-electron chi connectivity index (χ4n) is 2.58. The van der Waals surface area contributed by atoms with Crippen molar-refractivity contribution in [1.29, 1.82) is 0 Å². The number of hydrogen-bond donors (Lipinski definition) is 3. The first-order valence-electron chi connectivity index (χ1n) is 7.62. The van der Waals surface area contributed by atoms with E-state index in [1.54, 1.807) is 19.1 Å². The van der Waals surface area contributed by atoms with Gasteiger partial charge in [-0.1, -0.05) is 6.07 Å². The van der Waals surface area contributed by atoms with Gasteiger partial charge in [0.15, 0.2) is 0 Å². The Kier molecular flexibility index (Phi) is 5.74. The van der Waals surface area contributed by atoms with Crippen LogP contribution in [0, 0.1) is 6.92 Å². The van der Waals surface area contributed by atoms with Crippen LogP contribution in [0.2, 0.25) is 0 Å². The third-order valence-electron chi connectivity index (χ3n) is 4.02. The van der Waals surface area contributed by atoms with Crippen LogP contribution in [-0.4, -0.2) is 58.5 Å². The molecule has 1 aromatic rings. The Morgan fingerprint density at radius 1 is 1.43 bits per heavy atom. The maximum atomic E-state index is 12.2. The lowest BCUT2D eigenvalue weighted by Crippen LogP contribution is -2.51. The summed E-state index contributed by atoms with van der Waals surface area (Å²) in [4.78, 5) is 14.5. The van der Waals surface area contributed by atoms with Gasteiger partial charge >= 0.3 is 0 Å². The Bertz CT molecular complexity index is 675. The molecule has 1 aromatic carbocycles. The van der Waals surface area contributed by atoms with E-state index in [2.05, 4.69) is 27.2 Å². The SMILES string of the molecule is CNS(=O)(=O)c1cc(NC(=O)CN2CCNC[C@H]2C)ccc1C. The average molecular weight is 340 g/mol. The molecule has 3 N–H and O–H groups in total. The number of piperazine rings is 1. The van der Waals surface area contributed by atoms with Crippen LogP contribution in [0.5, 0.6) is 0 Å². The number of carbonyl (C=O) groups is 1. The zero-order valence-electron chi connectivity index (χ0n) is 13.7. The Balaban J connectivity index is 2.08. The first-order valence-corrected chi connectivity index (χ1v) is 9.10. The third-order valence-corrected chi connectivity index (χ3v) is 5.57. The molecule has 23 heavy (non-hydrogen) atoms. The quantitative estimate of drug-likeness (QED) is 0.709. The van der Waals surface area contributed by atoms with Gasteiger partial charge in [-0.05, 0) is 38.6 Å². The van der Waals surface area contributed by atoms with Crippen molar-refractivity contribution in [3.63, 3.8) is 0 Å². The molecule has 0 spiro atoms. The van der Waals surface area contributed by atoms with Gasteiger partial charge in [-0.25, -0.2) is 13.1 Å². The van der Waals surface area contributed by atoms with Gasteiger partial charge in [-0.15, -0.1) is 0 Å². The molecule has 1 fully saturated rings. The topological polar surface area (TPSA) is 90.5 Å². The van der Waals surface area contributed by atoms with Gasteiger partial charge in [0.1, 0.15) is 0 Å². The lowest BCUT2D eigenvalue weighted by atomic mass is 10.2. The minimum Gasteiger partial charge on any atom is -0.325 e. The summed E-state index contributed by atoms with van der Waals surface area (Å²) >= 11 is 0. The Hall–Kier alpha value is -1.48. The average Bonchev–Trinajstić information content (AvgIpc) is 2.51. The first-order chi connectivity index (χ1) is 10.8. The number of nitrogens with zero attached hydrogens (tertiary/aromatic N) is 1. The van der Waals surface area contributed by atoms with Crippen molar-refractivity contribution in [3.8, 4) is 0 Å². The van der Waals surface area contributed by atoms with Gasteiger partial charge in [0, 0.05) is 31.4 Å². The summed E-state index contributed by atoms with van der Waals surface area (Å²) < 4.78 is 26.3. The molecule has 1 amide bonds. The smallest absolute Gasteiger partial charge is 0.240 e. The van der Waals surface area contributed by atoms with Crippen LogP contribution < -0.4 is 15.4 Å². The van der Waals surface area contributed by atoms with Crippen LogP contribution in [-0.2, 0) is 14.8 Å². The number of sulfonamides is 1. The van der Waals surface area contributed by atoms with E-state index in [0.29, 0.717) is 23.8 Å². The Morgan fingerprint density at radius 2 is 2.17 bits per heavy atom. The minimum absolute atomic E-state index is 0.143. The fourth-order valence-corrected chi connectivity index (χ4v) is 3.57. The van der Waals surface area contributed by atoms with E-state index >= 15 is 0 Å². The molecule has 1 heterocycles. The molecule has 0 aromatic heterocycles. The molecule has 7 nitrogen and oxygen atoms in total. The molecule has 8 heteroatoms. The zero-order chi connectivity index (χ0) is 17.0. The van der Waals surface area contributed by atoms with Gasteiger partial charge in [0.2, 0.25) is 15.9 Å². The van der Waals surface area contributed by atoms with E-state index in [0.717, 1.165) is 19.6 Å². The molecule has 1 atom stereocenters. The Morgan fingerprint density at radius 3 is 2.83 bits per heavy atom. The fraction of sp³-hybridized carbons (Fsp3) is 0.533. The van der Waals surface area contributed by atoms with Crippen molar-refractivity contribution in [2.45, 2.75) is 24.8 Å². The van der Waals surface area contributed by atoms with Crippen molar-refractivity contribution < 1.29 is 13.2 Å². The number of nitrogens with one attached hydrogen (secondary N) is 3. The Labute approximate surface area is 137 Å². The molecule has 0 saturated carbocycles. The number of rotatable bonds is 5. The van der Waals surface area contributed by atoms with Crippen LogP contribution in [0.4, 0.5) is 5.69 Å². The summed E-state index contributed by atoms with van der Waals surface area (Å²) in [6, 6.07) is 5.18. The van der Waals surface area contributed by atoms with Crippen molar-refractivity contribution in [2.24, 2.45) is 0 Å². The summed E-state index contributed by atoms with van der Waals surface area (Å²) in [6.45, 7) is 6.64. The third kappa shape index (κ3) is 4.51. The second-order valence-electron chi connectivity index (χ2n) is 5.76. The summed E-state index contributed by atoms with van der Waals surface area (Å²) in [5, 5.41) is 6.06. The number of amides is 1. The van der Waals surface area contributed by atoms with Crippen LogP contribution in [0.3, 0.4) is 0 Å². The molecule has 0 radical (unpaired) electrons. The van der Waals surface area contributed by atoms with Crippen molar-refractivity contribution in [1.82, 2.24) is 14.9 Å². The van der Waals surface area contributed by atoms with Gasteiger partial charge < -0.3 is 10.6 Å². The molecule has 0 bridgehead atoms. The number of aryl methyl sites for hydroxylation is 1.